The second kappa shape index (κ2) is 3.28. The number of aromatic nitrogens is 3. The van der Waals surface area contributed by atoms with Gasteiger partial charge in [-0.3, -0.25) is 0 Å². The zero-order valence-electron chi connectivity index (χ0n) is 9.35. The summed E-state index contributed by atoms with van der Waals surface area (Å²) in [5, 5.41) is 0. The van der Waals surface area contributed by atoms with Crippen molar-refractivity contribution in [3.8, 4) is 0 Å². The minimum absolute atomic E-state index is 0.420. The van der Waals surface area contributed by atoms with Crippen LogP contribution in [0.4, 0.5) is 0 Å². The number of nitrogens with zero attached hydrogens (tertiary/aromatic N) is 2. The van der Waals surface area contributed by atoms with Gasteiger partial charge in [0.05, 0.1) is 5.52 Å². The van der Waals surface area contributed by atoms with Crippen LogP contribution in [0.5, 0.6) is 0 Å². The fourth-order valence-corrected chi connectivity index (χ4v) is 1.75. The molecule has 2 heterocycles. The molecule has 2 aromatic heterocycles. The van der Waals surface area contributed by atoms with Crippen LogP contribution in [0, 0.1) is 0 Å². The van der Waals surface area contributed by atoms with E-state index >= 15 is 0 Å². The Labute approximate surface area is 93.8 Å². The molecule has 0 saturated heterocycles. The van der Waals surface area contributed by atoms with Crippen LogP contribution in [0.2, 0.25) is 0 Å². The SMILES string of the molecule is CC(C)(c1nc2ncccc2[nH]1)S(C)(=O)=O. The summed E-state index contributed by atoms with van der Waals surface area (Å²) in [5.74, 6) is 0.420. The summed E-state index contributed by atoms with van der Waals surface area (Å²) < 4.78 is 22.3. The first kappa shape index (κ1) is 11.1. The lowest BCUT2D eigenvalue weighted by Gasteiger charge is -2.19. The third-order valence-electron chi connectivity index (χ3n) is 2.75. The lowest BCUT2D eigenvalue weighted by atomic mass is 10.2. The summed E-state index contributed by atoms with van der Waals surface area (Å²) in [6, 6.07) is 3.59. The Balaban J connectivity index is 2.65. The van der Waals surface area contributed by atoms with E-state index in [0.717, 1.165) is 5.52 Å². The van der Waals surface area contributed by atoms with E-state index in [9.17, 15) is 8.42 Å². The Morgan fingerprint density at radius 1 is 1.38 bits per heavy atom. The number of aromatic amines is 1. The number of rotatable bonds is 2. The van der Waals surface area contributed by atoms with Crippen molar-refractivity contribution >= 4 is 21.0 Å². The highest BCUT2D eigenvalue weighted by molar-refractivity contribution is 7.91. The summed E-state index contributed by atoms with van der Waals surface area (Å²) in [7, 11) is -3.22. The van der Waals surface area contributed by atoms with Crippen molar-refractivity contribution in [1.29, 1.82) is 0 Å². The Kier molecular flexibility index (Phi) is 2.27. The molecule has 0 aliphatic carbocycles. The van der Waals surface area contributed by atoms with Crippen LogP contribution >= 0.6 is 0 Å². The maximum absolute atomic E-state index is 11.6. The lowest BCUT2D eigenvalue weighted by molar-refractivity contribution is 0.552. The average Bonchev–Trinajstić information content (AvgIpc) is 2.59. The van der Waals surface area contributed by atoms with Crippen molar-refractivity contribution in [2.75, 3.05) is 6.26 Å². The van der Waals surface area contributed by atoms with Gasteiger partial charge in [-0.2, -0.15) is 0 Å². The third-order valence-corrected chi connectivity index (χ3v) is 4.80. The average molecular weight is 239 g/mol. The quantitative estimate of drug-likeness (QED) is 0.855. The van der Waals surface area contributed by atoms with Crippen LogP contribution in [0.25, 0.3) is 11.2 Å². The second-order valence-electron chi connectivity index (χ2n) is 4.24. The molecule has 0 aromatic carbocycles. The van der Waals surface area contributed by atoms with Gasteiger partial charge in [-0.25, -0.2) is 18.4 Å². The number of hydrogen-bond donors (Lipinski definition) is 1. The lowest BCUT2D eigenvalue weighted by Crippen LogP contribution is -2.29. The number of hydrogen-bond acceptors (Lipinski definition) is 4. The van der Waals surface area contributed by atoms with Gasteiger partial charge >= 0.3 is 0 Å². The van der Waals surface area contributed by atoms with E-state index in [1.54, 1.807) is 26.1 Å². The first-order chi connectivity index (χ1) is 7.32. The predicted octanol–water partition coefficient (Wildman–Crippen LogP) is 1.24. The van der Waals surface area contributed by atoms with E-state index in [-0.39, 0.29) is 0 Å². The smallest absolute Gasteiger partial charge is 0.177 e. The zero-order valence-corrected chi connectivity index (χ0v) is 10.2. The summed E-state index contributed by atoms with van der Waals surface area (Å²) in [6.45, 7) is 3.25. The van der Waals surface area contributed by atoms with Crippen LogP contribution in [0.1, 0.15) is 19.7 Å². The molecule has 0 saturated carbocycles. The van der Waals surface area contributed by atoms with Crippen LogP contribution in [-0.4, -0.2) is 29.6 Å². The zero-order chi connectivity index (χ0) is 12.0. The van der Waals surface area contributed by atoms with Crippen molar-refractivity contribution in [3.05, 3.63) is 24.2 Å². The Morgan fingerprint density at radius 2 is 2.06 bits per heavy atom. The van der Waals surface area contributed by atoms with E-state index in [2.05, 4.69) is 15.0 Å². The van der Waals surface area contributed by atoms with Gasteiger partial charge in [0.2, 0.25) is 0 Å². The normalized spacial score (nSPS) is 13.2. The van der Waals surface area contributed by atoms with Crippen LogP contribution in [0.15, 0.2) is 18.3 Å². The second-order valence-corrected chi connectivity index (χ2v) is 6.81. The minimum Gasteiger partial charge on any atom is -0.339 e. The van der Waals surface area contributed by atoms with Gasteiger partial charge in [-0.1, -0.05) is 0 Å². The first-order valence-electron chi connectivity index (χ1n) is 4.83. The molecule has 0 aliphatic rings. The van der Waals surface area contributed by atoms with Gasteiger partial charge in [0, 0.05) is 12.5 Å². The first-order valence-corrected chi connectivity index (χ1v) is 6.72. The highest BCUT2D eigenvalue weighted by atomic mass is 32.2. The van der Waals surface area contributed by atoms with Crippen LogP contribution in [0.3, 0.4) is 0 Å². The van der Waals surface area contributed by atoms with E-state index in [1.807, 2.05) is 6.07 Å². The maximum atomic E-state index is 11.6. The minimum atomic E-state index is -3.22. The molecule has 6 heteroatoms. The van der Waals surface area contributed by atoms with E-state index < -0.39 is 14.6 Å². The molecule has 0 unspecified atom stereocenters. The third kappa shape index (κ3) is 1.59. The molecule has 16 heavy (non-hydrogen) atoms. The fraction of sp³-hybridized carbons (Fsp3) is 0.400. The molecule has 0 bridgehead atoms. The molecule has 2 aromatic rings. The van der Waals surface area contributed by atoms with Crippen molar-refractivity contribution in [2.45, 2.75) is 18.6 Å². The van der Waals surface area contributed by atoms with Crippen LogP contribution < -0.4 is 0 Å². The van der Waals surface area contributed by atoms with Gasteiger partial charge in [0.15, 0.2) is 15.5 Å². The Hall–Kier alpha value is -1.43. The van der Waals surface area contributed by atoms with Gasteiger partial charge in [-0.15, -0.1) is 0 Å². The highest BCUT2D eigenvalue weighted by Gasteiger charge is 2.35. The van der Waals surface area contributed by atoms with Gasteiger partial charge in [-0.05, 0) is 26.0 Å². The topological polar surface area (TPSA) is 75.7 Å². The van der Waals surface area contributed by atoms with Gasteiger partial charge in [0.1, 0.15) is 10.6 Å². The number of sulfone groups is 1. The molecule has 86 valence electrons. The molecule has 5 nitrogen and oxygen atoms in total. The molecular weight excluding hydrogens is 226 g/mol. The largest absolute Gasteiger partial charge is 0.339 e. The highest BCUT2D eigenvalue weighted by Crippen LogP contribution is 2.27. The number of imidazole rings is 1. The summed E-state index contributed by atoms with van der Waals surface area (Å²) >= 11 is 0. The molecular formula is C10H13N3O2S. The molecule has 0 aliphatic heterocycles. The van der Waals surface area contributed by atoms with E-state index in [0.29, 0.717) is 11.5 Å². The van der Waals surface area contributed by atoms with Gasteiger partial charge < -0.3 is 4.98 Å². The maximum Gasteiger partial charge on any atom is 0.177 e. The number of H-pyrrole nitrogens is 1. The molecule has 0 atom stereocenters. The number of fused-ring (bicyclic) bond motifs is 1. The van der Waals surface area contributed by atoms with Crippen molar-refractivity contribution < 1.29 is 8.42 Å². The Bertz CT molecular complexity index is 595. The van der Waals surface area contributed by atoms with Crippen molar-refractivity contribution in [1.82, 2.24) is 15.0 Å². The summed E-state index contributed by atoms with van der Waals surface area (Å²) in [5.41, 5.74) is 1.28. The molecule has 0 radical (unpaired) electrons. The predicted molar refractivity (Wildman–Crippen MR) is 61.8 cm³/mol. The molecule has 0 fully saturated rings. The number of nitrogens with one attached hydrogen (secondary N) is 1. The van der Waals surface area contributed by atoms with Gasteiger partial charge in [0.25, 0.3) is 0 Å². The number of pyridine rings is 1. The van der Waals surface area contributed by atoms with E-state index in [1.165, 1.54) is 6.26 Å². The monoisotopic (exact) mass is 239 g/mol. The Morgan fingerprint density at radius 3 is 2.62 bits per heavy atom. The summed E-state index contributed by atoms with van der Waals surface area (Å²) in [4.78, 5) is 11.3. The molecule has 0 spiro atoms. The molecule has 0 amide bonds. The van der Waals surface area contributed by atoms with Crippen LogP contribution in [-0.2, 0) is 14.6 Å². The van der Waals surface area contributed by atoms with Crippen molar-refractivity contribution in [3.63, 3.8) is 0 Å². The standard InChI is InChI=1S/C10H13N3O2S/c1-10(2,16(3,14)15)9-12-7-5-4-6-11-8(7)13-9/h4-6H,1-3H3,(H,11,12,13). The van der Waals surface area contributed by atoms with Crippen molar-refractivity contribution in [2.24, 2.45) is 0 Å². The van der Waals surface area contributed by atoms with E-state index in [4.69, 9.17) is 0 Å². The molecule has 2 rings (SSSR count). The molecule has 1 N–H and O–H groups in total. The summed E-state index contributed by atoms with van der Waals surface area (Å²) in [6.07, 6.45) is 2.83. The fourth-order valence-electron chi connectivity index (χ4n) is 1.31.